The van der Waals surface area contributed by atoms with Gasteiger partial charge in [-0.1, -0.05) is 0 Å². The standard InChI is InChI=1S/C13H27N3O2/c1-12(18-3)6-4-8-16(10-12)9-5-7-13(2,15)11(14)17/h4-10,15H2,1-3H3,(H2,14,17). The molecule has 5 nitrogen and oxygen atoms in total. The van der Waals surface area contributed by atoms with Crippen LogP contribution in [0.5, 0.6) is 0 Å². The number of ether oxygens (including phenoxy) is 1. The van der Waals surface area contributed by atoms with E-state index in [0.717, 1.165) is 38.9 Å². The highest BCUT2D eigenvalue weighted by atomic mass is 16.5. The number of likely N-dealkylation sites (tertiary alicyclic amines) is 1. The van der Waals surface area contributed by atoms with E-state index in [1.807, 2.05) is 0 Å². The van der Waals surface area contributed by atoms with E-state index in [9.17, 15) is 4.79 Å². The second-order valence-corrected chi connectivity index (χ2v) is 5.92. The van der Waals surface area contributed by atoms with Crippen molar-refractivity contribution in [3.05, 3.63) is 0 Å². The van der Waals surface area contributed by atoms with Crippen LogP contribution in [0.2, 0.25) is 0 Å². The summed E-state index contributed by atoms with van der Waals surface area (Å²) >= 11 is 0. The Labute approximate surface area is 110 Å². The third-order valence-electron chi connectivity index (χ3n) is 3.96. The van der Waals surface area contributed by atoms with Crippen LogP contribution in [-0.4, -0.2) is 48.7 Å². The fourth-order valence-electron chi connectivity index (χ4n) is 2.46. The fraction of sp³-hybridized carbons (Fsp3) is 0.923. The summed E-state index contributed by atoms with van der Waals surface area (Å²) < 4.78 is 5.55. The fourth-order valence-corrected chi connectivity index (χ4v) is 2.46. The van der Waals surface area contributed by atoms with Crippen molar-refractivity contribution in [3.8, 4) is 0 Å². The summed E-state index contributed by atoms with van der Waals surface area (Å²) in [4.78, 5) is 13.5. The predicted molar refractivity (Wildman–Crippen MR) is 72.1 cm³/mol. The molecule has 2 atom stereocenters. The van der Waals surface area contributed by atoms with Crippen LogP contribution in [0.3, 0.4) is 0 Å². The smallest absolute Gasteiger partial charge is 0.237 e. The van der Waals surface area contributed by atoms with Crippen molar-refractivity contribution in [1.29, 1.82) is 0 Å². The lowest BCUT2D eigenvalue weighted by Crippen LogP contribution is -2.50. The SMILES string of the molecule is COC1(C)CCCN(CCCC(C)(N)C(N)=O)C1. The van der Waals surface area contributed by atoms with E-state index in [-0.39, 0.29) is 5.60 Å². The zero-order chi connectivity index (χ0) is 13.8. The second-order valence-electron chi connectivity index (χ2n) is 5.92. The number of nitrogens with zero attached hydrogens (tertiary/aromatic N) is 1. The molecule has 18 heavy (non-hydrogen) atoms. The first kappa shape index (κ1) is 15.4. The zero-order valence-electron chi connectivity index (χ0n) is 11.9. The van der Waals surface area contributed by atoms with Crippen LogP contribution in [0, 0.1) is 0 Å². The maximum absolute atomic E-state index is 11.1. The van der Waals surface area contributed by atoms with Gasteiger partial charge in [0.25, 0.3) is 0 Å². The molecule has 1 aliphatic heterocycles. The van der Waals surface area contributed by atoms with Gasteiger partial charge in [0.05, 0.1) is 11.1 Å². The van der Waals surface area contributed by atoms with Gasteiger partial charge in [0, 0.05) is 13.7 Å². The minimum atomic E-state index is -0.889. The van der Waals surface area contributed by atoms with Crippen LogP contribution in [0.25, 0.3) is 0 Å². The average Bonchev–Trinajstić information content (AvgIpc) is 2.29. The normalized spacial score (nSPS) is 28.9. The Hall–Kier alpha value is -0.650. The van der Waals surface area contributed by atoms with E-state index in [1.165, 1.54) is 0 Å². The molecule has 0 spiro atoms. The number of rotatable bonds is 6. The van der Waals surface area contributed by atoms with Crippen molar-refractivity contribution < 1.29 is 9.53 Å². The molecule has 1 rings (SSSR count). The number of carbonyl (C=O) groups excluding carboxylic acids is 1. The molecule has 0 aromatic heterocycles. The van der Waals surface area contributed by atoms with Crippen molar-refractivity contribution in [2.45, 2.75) is 50.7 Å². The number of methoxy groups -OCH3 is 1. The van der Waals surface area contributed by atoms with Gasteiger partial charge >= 0.3 is 0 Å². The van der Waals surface area contributed by atoms with Gasteiger partial charge < -0.3 is 21.1 Å². The number of carbonyl (C=O) groups is 1. The summed E-state index contributed by atoms with van der Waals surface area (Å²) in [5.41, 5.74) is 10.2. The van der Waals surface area contributed by atoms with Gasteiger partial charge in [-0.25, -0.2) is 0 Å². The maximum atomic E-state index is 11.1. The van der Waals surface area contributed by atoms with Gasteiger partial charge in [-0.05, 0) is 52.6 Å². The van der Waals surface area contributed by atoms with E-state index in [0.29, 0.717) is 6.42 Å². The van der Waals surface area contributed by atoms with Crippen LogP contribution in [0.1, 0.15) is 39.5 Å². The lowest BCUT2D eigenvalue weighted by atomic mass is 9.93. The highest BCUT2D eigenvalue weighted by Gasteiger charge is 2.31. The third kappa shape index (κ3) is 4.23. The predicted octanol–water partition coefficient (Wildman–Crippen LogP) is 0.470. The number of primary amides is 1. The first-order valence-corrected chi connectivity index (χ1v) is 6.65. The van der Waals surface area contributed by atoms with E-state index in [1.54, 1.807) is 14.0 Å². The zero-order valence-corrected chi connectivity index (χ0v) is 11.9. The molecule has 1 fully saturated rings. The quantitative estimate of drug-likeness (QED) is 0.725. The second kappa shape index (κ2) is 5.99. The van der Waals surface area contributed by atoms with Crippen LogP contribution in [0.15, 0.2) is 0 Å². The van der Waals surface area contributed by atoms with E-state index < -0.39 is 11.4 Å². The molecule has 0 bridgehead atoms. The van der Waals surface area contributed by atoms with Crippen LogP contribution < -0.4 is 11.5 Å². The molecule has 0 aromatic carbocycles. The molecule has 106 valence electrons. The summed E-state index contributed by atoms with van der Waals surface area (Å²) in [6, 6.07) is 0. The Kier molecular flexibility index (Phi) is 5.13. The van der Waals surface area contributed by atoms with Crippen molar-refractivity contribution in [2.24, 2.45) is 11.5 Å². The maximum Gasteiger partial charge on any atom is 0.237 e. The largest absolute Gasteiger partial charge is 0.377 e. The van der Waals surface area contributed by atoms with Gasteiger partial charge in [-0.3, -0.25) is 4.79 Å². The lowest BCUT2D eigenvalue weighted by molar-refractivity contribution is -0.122. The Morgan fingerprint density at radius 2 is 2.22 bits per heavy atom. The Morgan fingerprint density at radius 3 is 2.78 bits per heavy atom. The number of piperidine rings is 1. The number of hydrogen-bond acceptors (Lipinski definition) is 4. The molecular formula is C13H27N3O2. The third-order valence-corrected chi connectivity index (χ3v) is 3.96. The molecule has 0 saturated carbocycles. The van der Waals surface area contributed by atoms with Crippen molar-refractivity contribution in [3.63, 3.8) is 0 Å². The molecule has 1 heterocycles. The summed E-state index contributed by atoms with van der Waals surface area (Å²) in [6.45, 7) is 6.83. The van der Waals surface area contributed by atoms with Gasteiger partial charge in [0.15, 0.2) is 0 Å². The molecule has 1 saturated heterocycles. The molecule has 0 aromatic rings. The van der Waals surface area contributed by atoms with Gasteiger partial charge in [0.2, 0.25) is 5.91 Å². The average molecular weight is 257 g/mol. The molecule has 0 aliphatic carbocycles. The lowest BCUT2D eigenvalue weighted by Gasteiger charge is -2.39. The summed E-state index contributed by atoms with van der Waals surface area (Å²) in [5, 5.41) is 0. The number of nitrogens with two attached hydrogens (primary N) is 2. The van der Waals surface area contributed by atoms with Gasteiger partial charge in [-0.15, -0.1) is 0 Å². The van der Waals surface area contributed by atoms with Crippen molar-refractivity contribution >= 4 is 5.91 Å². The van der Waals surface area contributed by atoms with Crippen LogP contribution in [-0.2, 0) is 9.53 Å². The van der Waals surface area contributed by atoms with Crippen LogP contribution in [0.4, 0.5) is 0 Å². The minimum Gasteiger partial charge on any atom is -0.377 e. The Morgan fingerprint density at radius 1 is 1.56 bits per heavy atom. The number of hydrogen-bond donors (Lipinski definition) is 2. The summed E-state index contributed by atoms with van der Waals surface area (Å²) in [7, 11) is 1.77. The highest BCUT2D eigenvalue weighted by Crippen LogP contribution is 2.24. The van der Waals surface area contributed by atoms with E-state index in [4.69, 9.17) is 16.2 Å². The molecule has 4 N–H and O–H groups in total. The van der Waals surface area contributed by atoms with Gasteiger partial charge in [0.1, 0.15) is 0 Å². The minimum absolute atomic E-state index is 0.0338. The monoisotopic (exact) mass is 257 g/mol. The molecule has 1 amide bonds. The number of amides is 1. The molecule has 2 unspecified atom stereocenters. The molecule has 5 heteroatoms. The van der Waals surface area contributed by atoms with E-state index in [2.05, 4.69) is 11.8 Å². The Balaban J connectivity index is 2.34. The van der Waals surface area contributed by atoms with Crippen LogP contribution >= 0.6 is 0 Å². The summed E-state index contributed by atoms with van der Waals surface area (Å²) in [5.74, 6) is -0.428. The molecule has 0 radical (unpaired) electrons. The topological polar surface area (TPSA) is 81.6 Å². The Bertz CT molecular complexity index is 294. The molecular weight excluding hydrogens is 230 g/mol. The van der Waals surface area contributed by atoms with Crippen molar-refractivity contribution in [2.75, 3.05) is 26.7 Å². The summed E-state index contributed by atoms with van der Waals surface area (Å²) in [6.07, 6.45) is 3.77. The highest BCUT2D eigenvalue weighted by molar-refractivity contribution is 5.83. The first-order valence-electron chi connectivity index (χ1n) is 6.65. The van der Waals surface area contributed by atoms with Gasteiger partial charge in [-0.2, -0.15) is 0 Å². The first-order chi connectivity index (χ1) is 8.29. The molecule has 1 aliphatic rings. The van der Waals surface area contributed by atoms with Crippen molar-refractivity contribution in [1.82, 2.24) is 4.90 Å². The van der Waals surface area contributed by atoms with E-state index >= 15 is 0 Å².